The number of nitriles is 2. The van der Waals surface area contributed by atoms with Crippen LogP contribution in [0.5, 0.6) is 0 Å². The molecule has 0 aliphatic heterocycles. The summed E-state index contributed by atoms with van der Waals surface area (Å²) in [5, 5.41) is 17.7. The van der Waals surface area contributed by atoms with Crippen LogP contribution in [0.15, 0.2) is 29.8 Å². The van der Waals surface area contributed by atoms with E-state index >= 15 is 0 Å². The Bertz CT molecular complexity index is 542. The van der Waals surface area contributed by atoms with Crippen molar-refractivity contribution in [3.8, 4) is 12.1 Å². The third kappa shape index (κ3) is 3.29. The summed E-state index contributed by atoms with van der Waals surface area (Å²) in [6.45, 7) is 3.50. The predicted molar refractivity (Wildman–Crippen MR) is 64.6 cm³/mol. The second kappa shape index (κ2) is 5.63. The van der Waals surface area contributed by atoms with E-state index in [4.69, 9.17) is 10.5 Å². The zero-order valence-corrected chi connectivity index (χ0v) is 9.77. The topological polar surface area (TPSA) is 64.7 Å². The third-order valence-electron chi connectivity index (χ3n) is 2.24. The number of hydrogen-bond donors (Lipinski definition) is 0. The maximum absolute atomic E-state index is 11.7. The Kier molecular flexibility index (Phi) is 4.20. The highest BCUT2D eigenvalue weighted by Crippen LogP contribution is 2.12. The van der Waals surface area contributed by atoms with Gasteiger partial charge in [-0.3, -0.25) is 4.79 Å². The third-order valence-corrected chi connectivity index (χ3v) is 2.24. The molecule has 84 valence electrons. The first-order valence-corrected chi connectivity index (χ1v) is 5.24. The van der Waals surface area contributed by atoms with Gasteiger partial charge in [0, 0.05) is 5.92 Å². The summed E-state index contributed by atoms with van der Waals surface area (Å²) in [5.74, 6) is -0.394. The summed E-state index contributed by atoms with van der Waals surface area (Å²) in [6, 6.07) is 10.7. The van der Waals surface area contributed by atoms with E-state index in [0.29, 0.717) is 11.1 Å². The molecule has 17 heavy (non-hydrogen) atoms. The fourth-order valence-electron chi connectivity index (χ4n) is 1.33. The summed E-state index contributed by atoms with van der Waals surface area (Å²) in [7, 11) is 0. The first kappa shape index (κ1) is 12.7. The normalized spacial score (nSPS) is 10.8. The Labute approximate surface area is 101 Å². The van der Waals surface area contributed by atoms with Gasteiger partial charge in [-0.15, -0.1) is 0 Å². The molecule has 0 saturated carbocycles. The van der Waals surface area contributed by atoms with Crippen LogP contribution in [0, 0.1) is 28.6 Å². The number of benzene rings is 1. The van der Waals surface area contributed by atoms with Gasteiger partial charge in [-0.25, -0.2) is 0 Å². The molecule has 0 atom stereocenters. The molecular weight excluding hydrogens is 212 g/mol. The zero-order chi connectivity index (χ0) is 12.8. The van der Waals surface area contributed by atoms with Crippen molar-refractivity contribution in [2.45, 2.75) is 13.8 Å². The molecule has 3 heteroatoms. The molecule has 0 bridgehead atoms. The van der Waals surface area contributed by atoms with E-state index in [0.717, 1.165) is 0 Å². The molecule has 0 aromatic heterocycles. The highest BCUT2D eigenvalue weighted by molar-refractivity contribution is 6.04. The number of ketones is 1. The highest BCUT2D eigenvalue weighted by atomic mass is 16.1. The van der Waals surface area contributed by atoms with Gasteiger partial charge in [0.05, 0.1) is 17.2 Å². The maximum Gasteiger partial charge on any atom is 0.175 e. The van der Waals surface area contributed by atoms with Crippen LogP contribution < -0.4 is 0 Å². The van der Waals surface area contributed by atoms with Crippen LogP contribution in [0.1, 0.15) is 25.0 Å². The Balaban J connectivity index is 3.13. The van der Waals surface area contributed by atoms with Crippen LogP contribution in [0.2, 0.25) is 0 Å². The second-order valence-corrected chi connectivity index (χ2v) is 3.93. The van der Waals surface area contributed by atoms with Crippen molar-refractivity contribution in [1.29, 1.82) is 10.5 Å². The van der Waals surface area contributed by atoms with Crippen LogP contribution in [0.25, 0.3) is 6.08 Å². The average molecular weight is 224 g/mol. The molecule has 3 nitrogen and oxygen atoms in total. The smallest absolute Gasteiger partial charge is 0.175 e. The molecule has 0 amide bonds. The molecule has 0 N–H and O–H groups in total. The fraction of sp³-hybridized carbons (Fsp3) is 0.214. The van der Waals surface area contributed by atoms with Gasteiger partial charge in [0.25, 0.3) is 0 Å². The van der Waals surface area contributed by atoms with Crippen LogP contribution in [0.4, 0.5) is 0 Å². The van der Waals surface area contributed by atoms with Crippen molar-refractivity contribution in [2.75, 3.05) is 0 Å². The number of rotatable bonds is 3. The lowest BCUT2D eigenvalue weighted by atomic mass is 9.99. The van der Waals surface area contributed by atoms with Crippen molar-refractivity contribution >= 4 is 11.9 Å². The number of hydrogen-bond acceptors (Lipinski definition) is 3. The molecule has 0 fully saturated rings. The number of Topliss-reactive ketones (excluding diaryl/α,β-unsaturated/α-hetero) is 1. The van der Waals surface area contributed by atoms with Crippen LogP contribution >= 0.6 is 0 Å². The van der Waals surface area contributed by atoms with E-state index in [1.807, 2.05) is 12.1 Å². The van der Waals surface area contributed by atoms with Crippen molar-refractivity contribution in [2.24, 2.45) is 5.92 Å². The Morgan fingerprint density at radius 2 is 2.06 bits per heavy atom. The van der Waals surface area contributed by atoms with Gasteiger partial charge in [-0.2, -0.15) is 10.5 Å². The van der Waals surface area contributed by atoms with Gasteiger partial charge in [-0.1, -0.05) is 26.0 Å². The molecule has 0 aliphatic rings. The molecule has 1 aromatic rings. The molecule has 0 saturated heterocycles. The van der Waals surface area contributed by atoms with E-state index < -0.39 is 0 Å². The lowest BCUT2D eigenvalue weighted by Gasteiger charge is -2.02. The van der Waals surface area contributed by atoms with Crippen LogP contribution in [-0.4, -0.2) is 5.78 Å². The first-order valence-electron chi connectivity index (χ1n) is 5.24. The largest absolute Gasteiger partial charge is 0.293 e. The van der Waals surface area contributed by atoms with Crippen LogP contribution in [0.3, 0.4) is 0 Å². The lowest BCUT2D eigenvalue weighted by molar-refractivity contribution is -0.117. The molecular formula is C14H12N2O. The van der Waals surface area contributed by atoms with Gasteiger partial charge in [0.2, 0.25) is 0 Å². The molecule has 0 spiro atoms. The molecule has 0 heterocycles. The average Bonchev–Trinajstić information content (AvgIpc) is 2.35. The van der Waals surface area contributed by atoms with Crippen LogP contribution in [-0.2, 0) is 4.79 Å². The monoisotopic (exact) mass is 224 g/mol. The van der Waals surface area contributed by atoms with E-state index in [-0.39, 0.29) is 17.3 Å². The van der Waals surface area contributed by atoms with Crippen molar-refractivity contribution in [3.05, 3.63) is 41.0 Å². The quantitative estimate of drug-likeness (QED) is 0.585. The minimum atomic E-state index is -0.208. The summed E-state index contributed by atoms with van der Waals surface area (Å²) in [4.78, 5) is 11.7. The van der Waals surface area contributed by atoms with Gasteiger partial charge in [-0.05, 0) is 23.8 Å². The Morgan fingerprint density at radius 3 is 2.59 bits per heavy atom. The van der Waals surface area contributed by atoms with Gasteiger partial charge < -0.3 is 0 Å². The minimum absolute atomic E-state index is 0.120. The summed E-state index contributed by atoms with van der Waals surface area (Å²) < 4.78 is 0. The number of carbonyl (C=O) groups is 1. The van der Waals surface area contributed by atoms with Crippen molar-refractivity contribution in [3.63, 3.8) is 0 Å². The molecule has 0 unspecified atom stereocenters. The van der Waals surface area contributed by atoms with E-state index in [1.165, 1.54) is 6.08 Å². The van der Waals surface area contributed by atoms with Crippen molar-refractivity contribution < 1.29 is 4.79 Å². The molecule has 1 aromatic carbocycles. The van der Waals surface area contributed by atoms with E-state index in [1.54, 1.807) is 38.1 Å². The highest BCUT2D eigenvalue weighted by Gasteiger charge is 2.12. The predicted octanol–water partition coefficient (Wildman–Crippen LogP) is 2.69. The number of carbonyl (C=O) groups excluding carboxylic acids is 1. The molecule has 0 radical (unpaired) electrons. The number of nitrogens with zero attached hydrogens (tertiary/aromatic N) is 2. The lowest BCUT2D eigenvalue weighted by Crippen LogP contribution is -2.08. The molecule has 0 aliphatic carbocycles. The van der Waals surface area contributed by atoms with Gasteiger partial charge in [0.15, 0.2) is 5.78 Å². The van der Waals surface area contributed by atoms with Gasteiger partial charge in [0.1, 0.15) is 6.07 Å². The fourth-order valence-corrected chi connectivity index (χ4v) is 1.33. The van der Waals surface area contributed by atoms with E-state index in [2.05, 4.69) is 0 Å². The summed E-state index contributed by atoms with van der Waals surface area (Å²) in [6.07, 6.45) is 1.52. The summed E-state index contributed by atoms with van der Waals surface area (Å²) >= 11 is 0. The van der Waals surface area contributed by atoms with Crippen molar-refractivity contribution in [1.82, 2.24) is 0 Å². The standard InChI is InChI=1S/C14H12N2O/c1-10(2)14(17)13(9-16)7-11-4-3-5-12(6-11)8-15/h3-7,10H,1-2H3. The zero-order valence-electron chi connectivity index (χ0n) is 9.77. The number of allylic oxidation sites excluding steroid dienone is 1. The van der Waals surface area contributed by atoms with E-state index in [9.17, 15) is 4.79 Å². The Hall–Kier alpha value is -2.39. The second-order valence-electron chi connectivity index (χ2n) is 3.93. The first-order chi connectivity index (χ1) is 8.08. The maximum atomic E-state index is 11.7. The molecule has 1 rings (SSSR count). The SMILES string of the molecule is CC(C)C(=O)C(C#N)=Cc1cccc(C#N)c1. The Morgan fingerprint density at radius 1 is 1.35 bits per heavy atom. The minimum Gasteiger partial charge on any atom is -0.293 e. The summed E-state index contributed by atoms with van der Waals surface area (Å²) in [5.41, 5.74) is 1.32. The van der Waals surface area contributed by atoms with Gasteiger partial charge >= 0.3 is 0 Å².